The average molecular weight is 671 g/mol. The molecule has 4 aromatic carbocycles. The molecule has 0 saturated heterocycles. The fourth-order valence-electron chi connectivity index (χ4n) is 7.04. The molecule has 0 atom stereocenters. The Labute approximate surface area is 295 Å². The molecule has 0 bridgehead atoms. The highest BCUT2D eigenvalue weighted by Gasteiger charge is 2.35. The maximum atomic E-state index is 12.8. The van der Waals surface area contributed by atoms with Crippen molar-refractivity contribution >= 4 is 23.6 Å². The summed E-state index contributed by atoms with van der Waals surface area (Å²) < 4.78 is 0. The van der Waals surface area contributed by atoms with Crippen LogP contribution in [0.2, 0.25) is 0 Å². The predicted molar refractivity (Wildman–Crippen MR) is 195 cm³/mol. The van der Waals surface area contributed by atoms with Crippen LogP contribution in [0, 0.1) is 0 Å². The smallest absolute Gasteiger partial charge is 0.261 e. The molecule has 0 aromatic heterocycles. The third kappa shape index (κ3) is 8.62. The molecular formula is C42H46N4O4. The molecule has 8 heteroatoms. The molecule has 0 unspecified atom stereocenters. The molecule has 258 valence electrons. The molecule has 8 nitrogen and oxygen atoms in total. The minimum absolute atomic E-state index is 0.190. The molecular weight excluding hydrogens is 624 g/mol. The van der Waals surface area contributed by atoms with Crippen molar-refractivity contribution in [2.75, 3.05) is 39.3 Å². The Morgan fingerprint density at radius 2 is 0.660 bits per heavy atom. The van der Waals surface area contributed by atoms with Crippen LogP contribution in [0.4, 0.5) is 0 Å². The summed E-state index contributed by atoms with van der Waals surface area (Å²) in [6.07, 6.45) is 5.81. The van der Waals surface area contributed by atoms with Crippen molar-refractivity contribution in [2.24, 2.45) is 0 Å². The van der Waals surface area contributed by atoms with Crippen molar-refractivity contribution in [3.05, 3.63) is 143 Å². The van der Waals surface area contributed by atoms with Gasteiger partial charge in [-0.2, -0.15) is 0 Å². The van der Waals surface area contributed by atoms with Gasteiger partial charge in [0.2, 0.25) is 0 Å². The Morgan fingerprint density at radius 3 is 1.00 bits per heavy atom. The van der Waals surface area contributed by atoms with Gasteiger partial charge in [0.15, 0.2) is 0 Å². The fourth-order valence-corrected chi connectivity index (χ4v) is 7.04. The van der Waals surface area contributed by atoms with Gasteiger partial charge in [0, 0.05) is 39.3 Å². The Kier molecular flexibility index (Phi) is 12.0. The van der Waals surface area contributed by atoms with E-state index in [4.69, 9.17) is 0 Å². The molecule has 2 heterocycles. The minimum atomic E-state index is -0.190. The van der Waals surface area contributed by atoms with Crippen molar-refractivity contribution in [1.29, 1.82) is 0 Å². The number of nitrogens with zero attached hydrogens (tertiary/aromatic N) is 4. The van der Waals surface area contributed by atoms with Gasteiger partial charge in [0.1, 0.15) is 0 Å². The summed E-state index contributed by atoms with van der Waals surface area (Å²) >= 11 is 0. The molecule has 0 spiro atoms. The number of hydrogen-bond donors (Lipinski definition) is 0. The van der Waals surface area contributed by atoms with Crippen LogP contribution in [0.3, 0.4) is 0 Å². The van der Waals surface area contributed by atoms with Gasteiger partial charge in [-0.3, -0.25) is 38.8 Å². The summed E-state index contributed by atoms with van der Waals surface area (Å²) in [5.41, 5.74) is 4.52. The number of carbonyl (C=O) groups is 4. The van der Waals surface area contributed by atoms with E-state index in [-0.39, 0.29) is 23.6 Å². The van der Waals surface area contributed by atoms with E-state index in [9.17, 15) is 19.2 Å². The van der Waals surface area contributed by atoms with Crippen LogP contribution in [0.1, 0.15) is 91.1 Å². The summed E-state index contributed by atoms with van der Waals surface area (Å²) in [4.78, 5) is 59.0. The molecule has 0 aliphatic carbocycles. The summed E-state index contributed by atoms with van der Waals surface area (Å²) in [7, 11) is 0. The molecule has 0 radical (unpaired) electrons. The summed E-state index contributed by atoms with van der Waals surface area (Å²) in [6.45, 7) is 6.02. The molecule has 4 aromatic rings. The third-order valence-electron chi connectivity index (χ3n) is 9.67. The van der Waals surface area contributed by atoms with Crippen LogP contribution >= 0.6 is 0 Å². The first-order valence-electron chi connectivity index (χ1n) is 17.9. The standard InChI is InChI=1S/C42H46N4O4/c47-39-35-21-9-10-22-36(35)40(48)45(39)29-15-27-43(31-33-17-5-3-6-18-33)25-13-1-2-14-26-44(32-34-19-7-4-8-20-34)28-16-30-46-41(49)37-23-11-12-24-38(37)42(46)50/h3-12,17-24H,1-2,13-16,25-32H2. The largest absolute Gasteiger partial charge is 0.299 e. The normalized spacial score (nSPS) is 14.0. The Hall–Kier alpha value is -4.92. The zero-order valence-electron chi connectivity index (χ0n) is 28.7. The lowest BCUT2D eigenvalue weighted by atomic mass is 10.1. The highest BCUT2D eigenvalue weighted by molar-refractivity contribution is 6.22. The van der Waals surface area contributed by atoms with E-state index in [0.29, 0.717) is 35.3 Å². The first-order valence-corrected chi connectivity index (χ1v) is 17.9. The van der Waals surface area contributed by atoms with Gasteiger partial charge in [-0.15, -0.1) is 0 Å². The van der Waals surface area contributed by atoms with Gasteiger partial charge in [0.25, 0.3) is 23.6 Å². The lowest BCUT2D eigenvalue weighted by molar-refractivity contribution is 0.0631. The van der Waals surface area contributed by atoms with Gasteiger partial charge in [-0.25, -0.2) is 0 Å². The second kappa shape index (κ2) is 17.1. The minimum Gasteiger partial charge on any atom is -0.299 e. The topological polar surface area (TPSA) is 81.2 Å². The van der Waals surface area contributed by atoms with Gasteiger partial charge in [-0.1, -0.05) is 97.8 Å². The Bertz CT molecular complexity index is 1580. The zero-order chi connectivity index (χ0) is 34.7. The average Bonchev–Trinajstić information content (AvgIpc) is 3.54. The van der Waals surface area contributed by atoms with Crippen molar-refractivity contribution < 1.29 is 19.2 Å². The summed E-state index contributed by atoms with van der Waals surface area (Å²) in [6, 6.07) is 35.0. The number of carbonyl (C=O) groups excluding carboxylic acids is 4. The number of fused-ring (bicyclic) bond motifs is 2. The van der Waals surface area contributed by atoms with E-state index in [2.05, 4.69) is 58.3 Å². The molecule has 2 aliphatic heterocycles. The van der Waals surface area contributed by atoms with Crippen molar-refractivity contribution in [1.82, 2.24) is 19.6 Å². The lowest BCUT2D eigenvalue weighted by Crippen LogP contribution is -2.34. The van der Waals surface area contributed by atoms with Crippen LogP contribution in [-0.2, 0) is 13.1 Å². The number of benzene rings is 4. The number of unbranched alkanes of at least 4 members (excludes halogenated alkanes) is 3. The molecule has 4 amide bonds. The van der Waals surface area contributed by atoms with Gasteiger partial charge >= 0.3 is 0 Å². The van der Waals surface area contributed by atoms with Gasteiger partial charge < -0.3 is 0 Å². The lowest BCUT2D eigenvalue weighted by Gasteiger charge is -2.25. The van der Waals surface area contributed by atoms with Crippen LogP contribution in [-0.4, -0.2) is 82.5 Å². The van der Waals surface area contributed by atoms with E-state index in [1.165, 1.54) is 20.9 Å². The van der Waals surface area contributed by atoms with Gasteiger partial charge in [0.05, 0.1) is 22.3 Å². The van der Waals surface area contributed by atoms with Gasteiger partial charge in [-0.05, 0) is 74.2 Å². The number of rotatable bonds is 19. The molecule has 6 rings (SSSR count). The van der Waals surface area contributed by atoms with Crippen molar-refractivity contribution in [3.8, 4) is 0 Å². The Morgan fingerprint density at radius 1 is 0.360 bits per heavy atom. The third-order valence-corrected chi connectivity index (χ3v) is 9.67. The molecule has 0 N–H and O–H groups in total. The first kappa shape index (κ1) is 34.9. The first-order chi connectivity index (χ1) is 24.5. The maximum Gasteiger partial charge on any atom is 0.261 e. The van der Waals surface area contributed by atoms with E-state index >= 15 is 0 Å². The Balaban J connectivity index is 0.957. The molecule has 50 heavy (non-hydrogen) atoms. The van der Waals surface area contributed by atoms with E-state index in [1.807, 2.05) is 12.1 Å². The van der Waals surface area contributed by atoms with Crippen molar-refractivity contribution in [2.45, 2.75) is 51.6 Å². The van der Waals surface area contributed by atoms with Crippen LogP contribution in [0.15, 0.2) is 109 Å². The second-order valence-electron chi connectivity index (χ2n) is 13.3. The number of amides is 4. The van der Waals surface area contributed by atoms with E-state index in [1.54, 1.807) is 48.5 Å². The molecule has 0 fully saturated rings. The molecule has 2 aliphatic rings. The van der Waals surface area contributed by atoms with E-state index < -0.39 is 0 Å². The highest BCUT2D eigenvalue weighted by atomic mass is 16.2. The van der Waals surface area contributed by atoms with Crippen LogP contribution < -0.4 is 0 Å². The number of imide groups is 2. The SMILES string of the molecule is O=C1c2ccccc2C(=O)N1CCCN(CCCCCCN(CCCN1C(=O)c2ccccc2C1=O)Cc1ccccc1)Cc1ccccc1. The summed E-state index contributed by atoms with van der Waals surface area (Å²) in [5.74, 6) is -0.759. The van der Waals surface area contributed by atoms with Crippen molar-refractivity contribution in [3.63, 3.8) is 0 Å². The van der Waals surface area contributed by atoms with Crippen LogP contribution in [0.5, 0.6) is 0 Å². The molecule has 0 saturated carbocycles. The zero-order valence-corrected chi connectivity index (χ0v) is 28.7. The second-order valence-corrected chi connectivity index (χ2v) is 13.3. The quantitative estimate of drug-likeness (QED) is 0.0796. The fraction of sp³-hybridized carbons (Fsp3) is 0.333. The highest BCUT2D eigenvalue weighted by Crippen LogP contribution is 2.24. The van der Waals surface area contributed by atoms with Crippen LogP contribution in [0.25, 0.3) is 0 Å². The maximum absolute atomic E-state index is 12.8. The predicted octanol–water partition coefficient (Wildman–Crippen LogP) is 6.92. The monoisotopic (exact) mass is 670 g/mol. The number of hydrogen-bond acceptors (Lipinski definition) is 6. The summed E-state index contributed by atoms with van der Waals surface area (Å²) in [5, 5.41) is 0. The van der Waals surface area contributed by atoms with E-state index in [0.717, 1.165) is 77.8 Å².